The van der Waals surface area contributed by atoms with E-state index in [0.29, 0.717) is 0 Å². The molecule has 0 atom stereocenters. The van der Waals surface area contributed by atoms with Gasteiger partial charge in [-0.25, -0.2) is 0 Å². The molecular formula is C14H29N. The van der Waals surface area contributed by atoms with E-state index in [9.17, 15) is 0 Å². The summed E-state index contributed by atoms with van der Waals surface area (Å²) in [6.45, 7) is 10.6. The van der Waals surface area contributed by atoms with Gasteiger partial charge in [0.25, 0.3) is 0 Å². The highest BCUT2D eigenvalue weighted by molar-refractivity contribution is 5.29. The van der Waals surface area contributed by atoms with E-state index < -0.39 is 0 Å². The maximum atomic E-state index is 3.12. The van der Waals surface area contributed by atoms with Crippen LogP contribution in [0.4, 0.5) is 0 Å². The van der Waals surface area contributed by atoms with Crippen molar-refractivity contribution in [3.63, 3.8) is 0 Å². The summed E-state index contributed by atoms with van der Waals surface area (Å²) >= 11 is 0. The molecule has 0 aromatic heterocycles. The summed E-state index contributed by atoms with van der Waals surface area (Å²) in [5.74, 6) is 0. The van der Waals surface area contributed by atoms with Gasteiger partial charge in [-0.15, -0.1) is 0 Å². The molecule has 0 rings (SSSR count). The molecule has 0 saturated heterocycles. The maximum Gasteiger partial charge on any atom is 0.00278 e. The predicted octanol–water partition coefficient (Wildman–Crippen LogP) is 4.66. The Bertz CT molecular complexity index is 178. The van der Waals surface area contributed by atoms with Gasteiger partial charge in [-0.3, -0.25) is 0 Å². The van der Waals surface area contributed by atoms with Gasteiger partial charge in [-0.1, -0.05) is 46.6 Å². The van der Waals surface area contributed by atoms with Gasteiger partial charge in [-0.05, 0) is 37.1 Å². The molecule has 0 fully saturated rings. The summed E-state index contributed by atoms with van der Waals surface area (Å²) in [5.41, 5.74) is 2.97. The van der Waals surface area contributed by atoms with Crippen LogP contribution < -0.4 is 5.32 Å². The molecule has 0 aliphatic carbocycles. The van der Waals surface area contributed by atoms with Crippen LogP contribution >= 0.6 is 0 Å². The average Bonchev–Trinajstić information content (AvgIpc) is 2.28. The standard InChI is InChI=1S/C12H23N.C2H6/c1-5-8-11(7-3)12(9-6-2)10-13-4;1-2/h7,10,13H,5-6,8-9H2,1-4H3;1-2H3/b11-7-,12-10-;. The monoisotopic (exact) mass is 211 g/mol. The normalized spacial score (nSPS) is 11.9. The number of nitrogens with one attached hydrogen (secondary N) is 1. The van der Waals surface area contributed by atoms with E-state index in [2.05, 4.69) is 38.4 Å². The highest BCUT2D eigenvalue weighted by Crippen LogP contribution is 2.19. The smallest absolute Gasteiger partial charge is 0.00278 e. The van der Waals surface area contributed by atoms with Crippen molar-refractivity contribution in [2.24, 2.45) is 0 Å². The first-order valence-electron chi connectivity index (χ1n) is 6.31. The highest BCUT2D eigenvalue weighted by Gasteiger charge is 2.01. The molecule has 0 spiro atoms. The molecule has 0 bridgehead atoms. The molecule has 0 unspecified atom stereocenters. The van der Waals surface area contributed by atoms with Gasteiger partial charge in [0.1, 0.15) is 0 Å². The van der Waals surface area contributed by atoms with Crippen molar-refractivity contribution in [3.05, 3.63) is 23.4 Å². The van der Waals surface area contributed by atoms with Crippen LogP contribution in [0, 0.1) is 0 Å². The summed E-state index contributed by atoms with van der Waals surface area (Å²) in [4.78, 5) is 0. The van der Waals surface area contributed by atoms with Crippen LogP contribution in [-0.4, -0.2) is 7.05 Å². The SMILES string of the molecule is C/C=C(CCC)\C(=C/NC)CCC.CC. The van der Waals surface area contributed by atoms with E-state index in [-0.39, 0.29) is 0 Å². The fraction of sp³-hybridized carbons (Fsp3) is 0.714. The van der Waals surface area contributed by atoms with Crippen LogP contribution in [0.3, 0.4) is 0 Å². The lowest BCUT2D eigenvalue weighted by Gasteiger charge is -2.10. The first-order chi connectivity index (χ1) is 7.29. The fourth-order valence-electron chi connectivity index (χ4n) is 1.53. The summed E-state index contributed by atoms with van der Waals surface area (Å²) in [6, 6.07) is 0. The minimum Gasteiger partial charge on any atom is -0.394 e. The fourth-order valence-corrected chi connectivity index (χ4v) is 1.53. The van der Waals surface area contributed by atoms with Crippen molar-refractivity contribution in [3.8, 4) is 0 Å². The molecule has 90 valence electrons. The zero-order valence-corrected chi connectivity index (χ0v) is 11.5. The molecular weight excluding hydrogens is 182 g/mol. The van der Waals surface area contributed by atoms with Gasteiger partial charge in [0, 0.05) is 7.05 Å². The first-order valence-corrected chi connectivity index (χ1v) is 6.31. The minimum absolute atomic E-state index is 1.18. The average molecular weight is 211 g/mol. The van der Waals surface area contributed by atoms with Gasteiger partial charge in [0.05, 0.1) is 0 Å². The molecule has 0 aliphatic heterocycles. The molecule has 0 aromatic rings. The van der Waals surface area contributed by atoms with Gasteiger partial charge in [0.15, 0.2) is 0 Å². The third kappa shape index (κ3) is 8.29. The van der Waals surface area contributed by atoms with Crippen LogP contribution in [-0.2, 0) is 0 Å². The Balaban J connectivity index is 0. The second-order valence-electron chi connectivity index (χ2n) is 3.27. The third-order valence-corrected chi connectivity index (χ3v) is 2.12. The van der Waals surface area contributed by atoms with Crippen LogP contribution in [0.5, 0.6) is 0 Å². The van der Waals surface area contributed by atoms with Crippen molar-refractivity contribution in [2.75, 3.05) is 7.05 Å². The van der Waals surface area contributed by atoms with Crippen molar-refractivity contribution in [2.45, 2.75) is 60.3 Å². The number of rotatable bonds is 6. The summed E-state index contributed by atoms with van der Waals surface area (Å²) in [6.07, 6.45) is 9.19. The summed E-state index contributed by atoms with van der Waals surface area (Å²) < 4.78 is 0. The van der Waals surface area contributed by atoms with E-state index in [1.54, 1.807) is 0 Å². The molecule has 15 heavy (non-hydrogen) atoms. The minimum atomic E-state index is 1.18. The molecule has 0 saturated carbocycles. The van der Waals surface area contributed by atoms with Crippen molar-refractivity contribution in [1.29, 1.82) is 0 Å². The quantitative estimate of drug-likeness (QED) is 0.630. The third-order valence-electron chi connectivity index (χ3n) is 2.12. The highest BCUT2D eigenvalue weighted by atomic mass is 14.8. The van der Waals surface area contributed by atoms with Crippen molar-refractivity contribution in [1.82, 2.24) is 5.32 Å². The lowest BCUT2D eigenvalue weighted by atomic mass is 9.98. The number of allylic oxidation sites excluding steroid dienone is 3. The predicted molar refractivity (Wildman–Crippen MR) is 72.1 cm³/mol. The van der Waals surface area contributed by atoms with Gasteiger partial charge >= 0.3 is 0 Å². The zero-order valence-electron chi connectivity index (χ0n) is 11.5. The Morgan fingerprint density at radius 1 is 1.00 bits per heavy atom. The molecule has 0 heterocycles. The topological polar surface area (TPSA) is 12.0 Å². The van der Waals surface area contributed by atoms with Crippen LogP contribution in [0.15, 0.2) is 23.4 Å². The Morgan fingerprint density at radius 2 is 1.47 bits per heavy atom. The molecule has 0 amide bonds. The van der Waals surface area contributed by atoms with Crippen molar-refractivity contribution >= 4 is 0 Å². The maximum absolute atomic E-state index is 3.12. The molecule has 1 N–H and O–H groups in total. The van der Waals surface area contributed by atoms with E-state index in [4.69, 9.17) is 0 Å². The molecule has 0 aliphatic rings. The van der Waals surface area contributed by atoms with E-state index in [1.807, 2.05) is 20.9 Å². The lowest BCUT2D eigenvalue weighted by Crippen LogP contribution is -1.99. The van der Waals surface area contributed by atoms with Gasteiger partial charge in [-0.2, -0.15) is 0 Å². The van der Waals surface area contributed by atoms with Gasteiger partial charge in [0.2, 0.25) is 0 Å². The van der Waals surface area contributed by atoms with Crippen LogP contribution in [0.2, 0.25) is 0 Å². The number of hydrogen-bond acceptors (Lipinski definition) is 1. The second-order valence-corrected chi connectivity index (χ2v) is 3.27. The van der Waals surface area contributed by atoms with E-state index in [0.717, 1.165) is 0 Å². The Morgan fingerprint density at radius 3 is 1.80 bits per heavy atom. The molecule has 0 aromatic carbocycles. The Labute approximate surface area is 96.7 Å². The van der Waals surface area contributed by atoms with Crippen LogP contribution in [0.25, 0.3) is 0 Å². The number of hydrogen-bond donors (Lipinski definition) is 1. The lowest BCUT2D eigenvalue weighted by molar-refractivity contribution is 0.839. The van der Waals surface area contributed by atoms with E-state index >= 15 is 0 Å². The zero-order chi connectivity index (χ0) is 12.1. The Kier molecular flexibility index (Phi) is 14.8. The van der Waals surface area contributed by atoms with Crippen molar-refractivity contribution < 1.29 is 0 Å². The Hall–Kier alpha value is -0.720. The van der Waals surface area contributed by atoms with Crippen LogP contribution in [0.1, 0.15) is 60.3 Å². The molecule has 1 heteroatoms. The summed E-state index contributed by atoms with van der Waals surface area (Å²) in [7, 11) is 1.97. The molecule has 1 nitrogen and oxygen atoms in total. The molecule has 0 radical (unpaired) electrons. The van der Waals surface area contributed by atoms with E-state index in [1.165, 1.54) is 36.8 Å². The summed E-state index contributed by atoms with van der Waals surface area (Å²) in [5, 5.41) is 3.12. The second kappa shape index (κ2) is 13.3. The first kappa shape index (κ1) is 16.7. The largest absolute Gasteiger partial charge is 0.394 e. The van der Waals surface area contributed by atoms with Gasteiger partial charge < -0.3 is 5.32 Å².